The number of aryl methyl sites for hydroxylation is 1. The summed E-state index contributed by atoms with van der Waals surface area (Å²) in [6.07, 6.45) is 3.83. The predicted molar refractivity (Wildman–Crippen MR) is 86.9 cm³/mol. The highest BCUT2D eigenvalue weighted by Crippen LogP contribution is 2.27. The Labute approximate surface area is 139 Å². The van der Waals surface area contributed by atoms with E-state index in [2.05, 4.69) is 20.1 Å². The number of fused-ring (bicyclic) bond motifs is 1. The van der Waals surface area contributed by atoms with Crippen LogP contribution in [0.5, 0.6) is 0 Å². The highest BCUT2D eigenvalue weighted by molar-refractivity contribution is 5.90. The van der Waals surface area contributed by atoms with Crippen LogP contribution >= 0.6 is 0 Å². The third-order valence-electron chi connectivity index (χ3n) is 4.13. The van der Waals surface area contributed by atoms with E-state index in [0.29, 0.717) is 19.5 Å². The number of carbonyl (C=O) groups is 1. The zero-order valence-electron chi connectivity index (χ0n) is 13.3. The fourth-order valence-electron chi connectivity index (χ4n) is 2.94. The Morgan fingerprint density at radius 3 is 2.71 bits per heavy atom. The Morgan fingerprint density at radius 2 is 1.96 bits per heavy atom. The molecule has 4 rings (SSSR count). The normalized spacial score (nSPS) is 13.6. The first kappa shape index (κ1) is 14.5. The third kappa shape index (κ3) is 2.54. The maximum absolute atomic E-state index is 12.6. The average molecular weight is 320 g/mol. The van der Waals surface area contributed by atoms with Gasteiger partial charge in [0.1, 0.15) is 12.7 Å². The maximum atomic E-state index is 12.6. The van der Waals surface area contributed by atoms with Crippen molar-refractivity contribution in [3.8, 4) is 11.3 Å². The molecule has 1 aliphatic rings. The lowest BCUT2D eigenvalue weighted by Crippen LogP contribution is -2.37. The van der Waals surface area contributed by atoms with E-state index in [1.807, 2.05) is 30.3 Å². The van der Waals surface area contributed by atoms with Gasteiger partial charge in [0, 0.05) is 31.1 Å². The smallest absolute Gasteiger partial charge is 0.293 e. The molecule has 7 nitrogen and oxygen atoms in total. The van der Waals surface area contributed by atoms with Gasteiger partial charge in [0.15, 0.2) is 0 Å². The van der Waals surface area contributed by atoms with E-state index in [9.17, 15) is 4.79 Å². The molecule has 2 aromatic heterocycles. The number of amides is 1. The van der Waals surface area contributed by atoms with Crippen LogP contribution in [0.3, 0.4) is 0 Å². The molecule has 3 heterocycles. The standard InChI is InChI=1S/C17H16N6O/c1-22-11-20-16(21-22)17(24)23-8-7-14-13(9-23)15(19-10-18-14)12-5-3-2-4-6-12/h2-6,10-11H,7-9H2,1H3. The monoisotopic (exact) mass is 320 g/mol. The van der Waals surface area contributed by atoms with Gasteiger partial charge in [-0.25, -0.2) is 15.0 Å². The molecule has 0 saturated carbocycles. The topological polar surface area (TPSA) is 76.8 Å². The minimum atomic E-state index is -0.163. The van der Waals surface area contributed by atoms with Crippen LogP contribution in [0.4, 0.5) is 0 Å². The molecule has 0 fully saturated rings. The minimum Gasteiger partial charge on any atom is -0.331 e. The molecule has 0 N–H and O–H groups in total. The molecule has 1 amide bonds. The van der Waals surface area contributed by atoms with Gasteiger partial charge in [-0.3, -0.25) is 9.48 Å². The van der Waals surface area contributed by atoms with E-state index in [1.165, 1.54) is 11.0 Å². The fourth-order valence-corrected chi connectivity index (χ4v) is 2.94. The molecule has 1 aromatic carbocycles. The van der Waals surface area contributed by atoms with Crippen LogP contribution in [0.2, 0.25) is 0 Å². The number of rotatable bonds is 2. The van der Waals surface area contributed by atoms with Gasteiger partial charge in [0.05, 0.1) is 17.9 Å². The molecule has 7 heteroatoms. The Kier molecular flexibility index (Phi) is 3.53. The Bertz CT molecular complexity index is 889. The lowest BCUT2D eigenvalue weighted by molar-refractivity contribution is 0.0721. The first-order valence-corrected chi connectivity index (χ1v) is 7.75. The van der Waals surface area contributed by atoms with Crippen LogP contribution in [-0.4, -0.2) is 42.1 Å². The van der Waals surface area contributed by atoms with Crippen molar-refractivity contribution in [2.75, 3.05) is 6.54 Å². The molecule has 0 bridgehead atoms. The number of hydrogen-bond donors (Lipinski definition) is 0. The summed E-state index contributed by atoms with van der Waals surface area (Å²) < 4.78 is 1.53. The van der Waals surface area contributed by atoms with Crippen molar-refractivity contribution in [1.82, 2.24) is 29.6 Å². The van der Waals surface area contributed by atoms with Crippen molar-refractivity contribution in [3.63, 3.8) is 0 Å². The largest absolute Gasteiger partial charge is 0.331 e. The Morgan fingerprint density at radius 1 is 1.12 bits per heavy atom. The summed E-state index contributed by atoms with van der Waals surface area (Å²) in [6.45, 7) is 1.08. The van der Waals surface area contributed by atoms with Crippen LogP contribution in [0, 0.1) is 0 Å². The zero-order chi connectivity index (χ0) is 16.5. The van der Waals surface area contributed by atoms with Crippen molar-refractivity contribution in [2.45, 2.75) is 13.0 Å². The number of nitrogens with zero attached hydrogens (tertiary/aromatic N) is 6. The molecular formula is C17H16N6O. The molecular weight excluding hydrogens is 304 g/mol. The molecule has 0 unspecified atom stereocenters. The molecule has 0 radical (unpaired) electrons. The maximum Gasteiger partial charge on any atom is 0.293 e. The summed E-state index contributed by atoms with van der Waals surface area (Å²) in [5, 5.41) is 4.11. The second kappa shape index (κ2) is 5.84. The zero-order valence-corrected chi connectivity index (χ0v) is 13.3. The van der Waals surface area contributed by atoms with Gasteiger partial charge >= 0.3 is 0 Å². The predicted octanol–water partition coefficient (Wildman–Crippen LogP) is 1.47. The highest BCUT2D eigenvalue weighted by Gasteiger charge is 2.27. The fraction of sp³-hybridized carbons (Fsp3) is 0.235. The van der Waals surface area contributed by atoms with Crippen molar-refractivity contribution in [1.29, 1.82) is 0 Å². The van der Waals surface area contributed by atoms with Gasteiger partial charge in [-0.2, -0.15) is 0 Å². The van der Waals surface area contributed by atoms with Gasteiger partial charge < -0.3 is 4.90 Å². The molecule has 0 spiro atoms. The molecule has 3 aromatic rings. The first-order valence-electron chi connectivity index (χ1n) is 7.75. The van der Waals surface area contributed by atoms with Crippen molar-refractivity contribution in [3.05, 3.63) is 60.1 Å². The Hall–Kier alpha value is -3.09. The van der Waals surface area contributed by atoms with E-state index >= 15 is 0 Å². The minimum absolute atomic E-state index is 0.163. The molecule has 0 atom stereocenters. The van der Waals surface area contributed by atoms with Crippen LogP contribution in [-0.2, 0) is 20.0 Å². The summed E-state index contributed by atoms with van der Waals surface area (Å²) in [5.41, 5.74) is 3.91. The molecule has 0 aliphatic carbocycles. The van der Waals surface area contributed by atoms with Crippen molar-refractivity contribution < 1.29 is 4.79 Å². The number of hydrogen-bond acceptors (Lipinski definition) is 5. The summed E-state index contributed by atoms with van der Waals surface area (Å²) >= 11 is 0. The van der Waals surface area contributed by atoms with Gasteiger partial charge in [0.25, 0.3) is 5.91 Å². The van der Waals surface area contributed by atoms with Crippen LogP contribution in [0.1, 0.15) is 21.9 Å². The van der Waals surface area contributed by atoms with Gasteiger partial charge in [-0.15, -0.1) is 5.10 Å². The molecule has 120 valence electrons. The summed E-state index contributed by atoms with van der Waals surface area (Å²) in [6, 6.07) is 9.97. The quantitative estimate of drug-likeness (QED) is 0.714. The Balaban J connectivity index is 1.68. The second-order valence-electron chi connectivity index (χ2n) is 5.73. The molecule has 1 aliphatic heterocycles. The van der Waals surface area contributed by atoms with Gasteiger partial charge in [0.2, 0.25) is 5.82 Å². The third-order valence-corrected chi connectivity index (χ3v) is 4.13. The highest BCUT2D eigenvalue weighted by atomic mass is 16.2. The lowest BCUT2D eigenvalue weighted by Gasteiger charge is -2.28. The van der Waals surface area contributed by atoms with Crippen LogP contribution < -0.4 is 0 Å². The van der Waals surface area contributed by atoms with Crippen molar-refractivity contribution >= 4 is 5.91 Å². The van der Waals surface area contributed by atoms with E-state index in [1.54, 1.807) is 18.3 Å². The molecule has 0 saturated heterocycles. The lowest BCUT2D eigenvalue weighted by atomic mass is 9.99. The second-order valence-corrected chi connectivity index (χ2v) is 5.73. The number of aromatic nitrogens is 5. The van der Waals surface area contributed by atoms with E-state index in [0.717, 1.165) is 22.5 Å². The summed E-state index contributed by atoms with van der Waals surface area (Å²) in [4.78, 5) is 27.3. The van der Waals surface area contributed by atoms with Crippen LogP contribution in [0.15, 0.2) is 43.0 Å². The van der Waals surface area contributed by atoms with Crippen molar-refractivity contribution in [2.24, 2.45) is 7.05 Å². The first-order chi connectivity index (χ1) is 11.7. The summed E-state index contributed by atoms with van der Waals surface area (Å²) in [7, 11) is 1.75. The van der Waals surface area contributed by atoms with Gasteiger partial charge in [-0.1, -0.05) is 30.3 Å². The van der Waals surface area contributed by atoms with E-state index < -0.39 is 0 Å². The average Bonchev–Trinajstić information content (AvgIpc) is 3.07. The molecule has 24 heavy (non-hydrogen) atoms. The number of carbonyl (C=O) groups excluding carboxylic acids is 1. The van der Waals surface area contributed by atoms with E-state index in [4.69, 9.17) is 0 Å². The summed E-state index contributed by atoms with van der Waals surface area (Å²) in [5.74, 6) is 0.0585. The SMILES string of the molecule is Cn1cnc(C(=O)N2CCc3ncnc(-c4ccccc4)c3C2)n1. The van der Waals surface area contributed by atoms with Gasteiger partial charge in [-0.05, 0) is 0 Å². The van der Waals surface area contributed by atoms with Crippen LogP contribution in [0.25, 0.3) is 11.3 Å². The number of benzene rings is 1. The van der Waals surface area contributed by atoms with E-state index in [-0.39, 0.29) is 11.7 Å².